The fourth-order valence-corrected chi connectivity index (χ4v) is 3.60. The molecule has 140 valence electrons. The normalized spacial score (nSPS) is 16.9. The number of aliphatic imine (C=N–C) groups is 1. The van der Waals surface area contributed by atoms with Crippen LogP contribution in [0.4, 0.5) is 4.39 Å². The maximum atomic E-state index is 13.5. The average Bonchev–Trinajstić information content (AvgIpc) is 3.10. The van der Waals surface area contributed by atoms with Crippen LogP contribution in [0.15, 0.2) is 29.3 Å². The third kappa shape index (κ3) is 7.81. The Bertz CT molecular complexity index is 567. The summed E-state index contributed by atoms with van der Waals surface area (Å²) >= 11 is 1.98. The fourth-order valence-electron chi connectivity index (χ4n) is 2.42. The highest BCUT2D eigenvalue weighted by atomic mass is 127. The minimum atomic E-state index is -0.507. The number of carbonyl (C=O) groups excluding carboxylic acids is 1. The number of amides is 1. The van der Waals surface area contributed by atoms with E-state index in [1.165, 1.54) is 30.7 Å². The zero-order chi connectivity index (χ0) is 17.2. The molecule has 0 aliphatic carbocycles. The second kappa shape index (κ2) is 12.3. The van der Waals surface area contributed by atoms with Crippen molar-refractivity contribution in [3.05, 3.63) is 35.6 Å². The van der Waals surface area contributed by atoms with E-state index in [4.69, 9.17) is 0 Å². The van der Waals surface area contributed by atoms with Crippen molar-refractivity contribution >= 4 is 47.6 Å². The lowest BCUT2D eigenvalue weighted by Crippen LogP contribution is -2.42. The van der Waals surface area contributed by atoms with Gasteiger partial charge in [0.05, 0.1) is 12.1 Å². The number of hydrogen-bond donors (Lipinski definition) is 3. The number of thioether (sulfide) groups is 1. The van der Waals surface area contributed by atoms with Crippen molar-refractivity contribution in [1.29, 1.82) is 0 Å². The fraction of sp³-hybridized carbons (Fsp3) is 0.529. The summed E-state index contributed by atoms with van der Waals surface area (Å²) in [6.45, 7) is 4.54. The molecule has 3 N–H and O–H groups in total. The quantitative estimate of drug-likeness (QED) is 0.243. The van der Waals surface area contributed by atoms with Crippen molar-refractivity contribution in [1.82, 2.24) is 16.0 Å². The molecule has 1 saturated heterocycles. The second-order valence-electron chi connectivity index (χ2n) is 5.52. The Morgan fingerprint density at radius 3 is 2.72 bits per heavy atom. The summed E-state index contributed by atoms with van der Waals surface area (Å²) < 4.78 is 13.5. The highest BCUT2D eigenvalue weighted by Gasteiger charge is 2.15. The Kier molecular flexibility index (Phi) is 10.9. The second-order valence-corrected chi connectivity index (χ2v) is 6.93. The third-order valence-corrected chi connectivity index (χ3v) is 5.02. The van der Waals surface area contributed by atoms with Crippen molar-refractivity contribution in [2.45, 2.75) is 25.0 Å². The van der Waals surface area contributed by atoms with E-state index in [1.807, 2.05) is 18.7 Å². The van der Waals surface area contributed by atoms with Gasteiger partial charge in [-0.25, -0.2) is 4.39 Å². The van der Waals surface area contributed by atoms with E-state index in [1.54, 1.807) is 12.1 Å². The molecule has 0 bridgehead atoms. The van der Waals surface area contributed by atoms with Crippen LogP contribution < -0.4 is 16.0 Å². The maximum Gasteiger partial charge on any atom is 0.254 e. The molecule has 2 rings (SSSR count). The van der Waals surface area contributed by atoms with Gasteiger partial charge >= 0.3 is 0 Å². The Morgan fingerprint density at radius 1 is 1.28 bits per heavy atom. The summed E-state index contributed by atoms with van der Waals surface area (Å²) in [5.74, 6) is 1.07. The van der Waals surface area contributed by atoms with Gasteiger partial charge in [0, 0.05) is 24.9 Å². The summed E-state index contributed by atoms with van der Waals surface area (Å²) in [6.07, 6.45) is 2.50. The van der Waals surface area contributed by atoms with Gasteiger partial charge in [0.15, 0.2) is 5.96 Å². The number of carbonyl (C=O) groups is 1. The number of halogens is 2. The maximum absolute atomic E-state index is 13.5. The highest BCUT2D eigenvalue weighted by molar-refractivity contribution is 14.0. The van der Waals surface area contributed by atoms with E-state index < -0.39 is 11.7 Å². The highest BCUT2D eigenvalue weighted by Crippen LogP contribution is 2.25. The van der Waals surface area contributed by atoms with Crippen LogP contribution in [0.2, 0.25) is 0 Å². The van der Waals surface area contributed by atoms with E-state index >= 15 is 0 Å². The van der Waals surface area contributed by atoms with E-state index in [-0.39, 0.29) is 29.5 Å². The largest absolute Gasteiger partial charge is 0.357 e. The van der Waals surface area contributed by atoms with Gasteiger partial charge < -0.3 is 16.0 Å². The molecule has 1 heterocycles. The molecule has 1 aliphatic heterocycles. The van der Waals surface area contributed by atoms with E-state index in [0.29, 0.717) is 18.3 Å². The molecule has 0 aromatic heterocycles. The first-order valence-corrected chi connectivity index (χ1v) is 9.42. The van der Waals surface area contributed by atoms with Crippen molar-refractivity contribution in [3.8, 4) is 0 Å². The van der Waals surface area contributed by atoms with Gasteiger partial charge in [0.25, 0.3) is 5.91 Å². The van der Waals surface area contributed by atoms with E-state index in [2.05, 4.69) is 20.9 Å². The van der Waals surface area contributed by atoms with Crippen molar-refractivity contribution in [3.63, 3.8) is 0 Å². The van der Waals surface area contributed by atoms with Crippen LogP contribution in [0, 0.1) is 5.82 Å². The van der Waals surface area contributed by atoms with Crippen LogP contribution >= 0.6 is 35.7 Å². The number of guanidine groups is 1. The molecule has 1 aromatic carbocycles. The Hall–Kier alpha value is -1.03. The first-order chi connectivity index (χ1) is 11.7. The summed E-state index contributed by atoms with van der Waals surface area (Å²) in [6, 6.07) is 5.97. The Balaban J connectivity index is 0.00000312. The standard InChI is InChI=1S/C17H25FN4OS.HI/c1-2-19-17(22-12-13-6-5-11-24-13)21-10-9-20-16(23)14-7-3-4-8-15(14)18;/h3-4,7-8,13H,2,5-6,9-12H2,1H3,(H,20,23)(H2,19,21,22);1H. The van der Waals surface area contributed by atoms with E-state index in [9.17, 15) is 9.18 Å². The first-order valence-electron chi connectivity index (χ1n) is 8.37. The molecule has 0 saturated carbocycles. The molecule has 1 amide bonds. The zero-order valence-corrected chi connectivity index (χ0v) is 17.5. The van der Waals surface area contributed by atoms with Gasteiger partial charge in [-0.3, -0.25) is 9.79 Å². The molecule has 1 fully saturated rings. The number of nitrogens with zero attached hydrogens (tertiary/aromatic N) is 1. The predicted molar refractivity (Wildman–Crippen MR) is 114 cm³/mol. The van der Waals surface area contributed by atoms with Crippen molar-refractivity contribution in [2.75, 3.05) is 31.9 Å². The van der Waals surface area contributed by atoms with Gasteiger partial charge in [-0.15, -0.1) is 24.0 Å². The molecule has 1 unspecified atom stereocenters. The van der Waals surface area contributed by atoms with Crippen LogP contribution in [0.25, 0.3) is 0 Å². The zero-order valence-electron chi connectivity index (χ0n) is 14.4. The number of nitrogens with one attached hydrogen (secondary N) is 3. The van der Waals surface area contributed by atoms with E-state index in [0.717, 1.165) is 19.0 Å². The molecule has 1 aromatic rings. The summed E-state index contributed by atoms with van der Waals surface area (Å²) in [4.78, 5) is 16.5. The molecule has 0 spiro atoms. The van der Waals surface area contributed by atoms with Crippen LogP contribution in [0.3, 0.4) is 0 Å². The molecular formula is C17H26FIN4OS. The third-order valence-electron chi connectivity index (χ3n) is 3.64. The van der Waals surface area contributed by atoms with Gasteiger partial charge in [0.1, 0.15) is 5.82 Å². The van der Waals surface area contributed by atoms with Gasteiger partial charge in [-0.2, -0.15) is 11.8 Å². The minimum absolute atomic E-state index is 0. The topological polar surface area (TPSA) is 65.5 Å². The molecular weight excluding hydrogens is 454 g/mol. The molecule has 1 atom stereocenters. The summed E-state index contributed by atoms with van der Waals surface area (Å²) in [5, 5.41) is 9.70. The summed E-state index contributed by atoms with van der Waals surface area (Å²) in [5.41, 5.74) is 0.0660. The molecule has 0 radical (unpaired) electrons. The molecule has 8 heteroatoms. The molecule has 5 nitrogen and oxygen atoms in total. The Labute approximate surface area is 170 Å². The smallest absolute Gasteiger partial charge is 0.254 e. The lowest BCUT2D eigenvalue weighted by molar-refractivity contribution is 0.0950. The van der Waals surface area contributed by atoms with Gasteiger partial charge in [-0.05, 0) is 37.7 Å². The van der Waals surface area contributed by atoms with Crippen molar-refractivity contribution in [2.24, 2.45) is 4.99 Å². The number of benzene rings is 1. The Morgan fingerprint density at radius 2 is 2.04 bits per heavy atom. The number of rotatable bonds is 7. The average molecular weight is 480 g/mol. The lowest BCUT2D eigenvalue weighted by Gasteiger charge is -2.13. The van der Waals surface area contributed by atoms with Gasteiger partial charge in [-0.1, -0.05) is 12.1 Å². The molecule has 25 heavy (non-hydrogen) atoms. The first kappa shape index (κ1) is 22.0. The summed E-state index contributed by atoms with van der Waals surface area (Å²) in [7, 11) is 0. The SMILES string of the molecule is CCNC(=NCC1CCCS1)NCCNC(=O)c1ccccc1F.I. The van der Waals surface area contributed by atoms with Crippen molar-refractivity contribution < 1.29 is 9.18 Å². The van der Waals surface area contributed by atoms with Crippen LogP contribution in [0.5, 0.6) is 0 Å². The van der Waals surface area contributed by atoms with Gasteiger partial charge in [0.2, 0.25) is 0 Å². The van der Waals surface area contributed by atoms with Crippen LogP contribution in [0.1, 0.15) is 30.1 Å². The monoisotopic (exact) mass is 480 g/mol. The lowest BCUT2D eigenvalue weighted by atomic mass is 10.2. The van der Waals surface area contributed by atoms with Crippen LogP contribution in [-0.2, 0) is 0 Å². The predicted octanol–water partition coefficient (Wildman–Crippen LogP) is 2.62. The number of hydrogen-bond acceptors (Lipinski definition) is 3. The molecule has 1 aliphatic rings. The minimum Gasteiger partial charge on any atom is -0.357 e. The van der Waals surface area contributed by atoms with Crippen LogP contribution in [-0.4, -0.2) is 49.0 Å².